The van der Waals surface area contributed by atoms with Gasteiger partial charge in [0.1, 0.15) is 13.2 Å². The van der Waals surface area contributed by atoms with Gasteiger partial charge < -0.3 is 10.2 Å². The first-order chi connectivity index (χ1) is 4.81. The molecule has 0 bridgehead atoms. The molecule has 10 heavy (non-hydrogen) atoms. The summed E-state index contributed by atoms with van der Waals surface area (Å²) in [6, 6.07) is 0. The van der Waals surface area contributed by atoms with Crippen molar-refractivity contribution >= 4 is 8.80 Å². The highest BCUT2D eigenvalue weighted by Gasteiger charge is 1.90. The summed E-state index contributed by atoms with van der Waals surface area (Å²) in [5.74, 6) is 5.05. The number of aliphatic hydroxyl groups is 2. The van der Waals surface area contributed by atoms with Crippen molar-refractivity contribution in [3.63, 3.8) is 0 Å². The van der Waals surface area contributed by atoms with Gasteiger partial charge >= 0.3 is 0 Å². The van der Waals surface area contributed by atoms with Crippen molar-refractivity contribution in [2.45, 2.75) is 6.55 Å². The maximum atomic E-state index is 8.29. The van der Waals surface area contributed by atoms with Gasteiger partial charge in [-0.15, -0.1) is 11.1 Å². The highest BCUT2D eigenvalue weighted by atomic mass is 28.3. The fraction of sp³-hybridized carbons (Fsp3) is 0.429. The SMILES string of the molecule is C[Si](C#CCO)C#CCO. The van der Waals surface area contributed by atoms with Gasteiger partial charge in [-0.3, -0.25) is 0 Å². The zero-order valence-electron chi connectivity index (χ0n) is 5.81. The molecule has 0 aliphatic rings. The Labute approximate surface area is 62.5 Å². The van der Waals surface area contributed by atoms with Crippen molar-refractivity contribution in [3.05, 3.63) is 0 Å². The van der Waals surface area contributed by atoms with Gasteiger partial charge in [0.25, 0.3) is 0 Å². The standard InChI is InChI=1S/C7H9O2Si/c1-10(6-2-4-8)7-3-5-9/h8-9H,4-5H2,1H3. The Balaban J connectivity index is 3.73. The predicted molar refractivity (Wildman–Crippen MR) is 41.3 cm³/mol. The highest BCUT2D eigenvalue weighted by Crippen LogP contribution is 1.73. The highest BCUT2D eigenvalue weighted by molar-refractivity contribution is 6.74. The first-order valence-electron chi connectivity index (χ1n) is 2.84. The third-order valence-corrected chi connectivity index (χ3v) is 1.81. The average molecular weight is 153 g/mol. The second kappa shape index (κ2) is 6.38. The van der Waals surface area contributed by atoms with E-state index in [4.69, 9.17) is 10.2 Å². The minimum atomic E-state index is -0.957. The van der Waals surface area contributed by atoms with E-state index >= 15 is 0 Å². The average Bonchev–Trinajstić information content (AvgIpc) is 1.97. The summed E-state index contributed by atoms with van der Waals surface area (Å²) in [4.78, 5) is 0. The van der Waals surface area contributed by atoms with Crippen LogP contribution in [0.2, 0.25) is 6.55 Å². The summed E-state index contributed by atoms with van der Waals surface area (Å²) in [6.45, 7) is 1.70. The molecule has 2 nitrogen and oxygen atoms in total. The summed E-state index contributed by atoms with van der Waals surface area (Å²) in [6.07, 6.45) is 0. The molecule has 2 N–H and O–H groups in total. The predicted octanol–water partition coefficient (Wildman–Crippen LogP) is -0.819. The minimum Gasteiger partial charge on any atom is -0.384 e. The van der Waals surface area contributed by atoms with Crippen LogP contribution in [-0.4, -0.2) is 32.2 Å². The van der Waals surface area contributed by atoms with Crippen molar-refractivity contribution in [2.24, 2.45) is 0 Å². The summed E-state index contributed by atoms with van der Waals surface area (Å²) in [5.41, 5.74) is 5.57. The van der Waals surface area contributed by atoms with Crippen LogP contribution < -0.4 is 0 Å². The first kappa shape index (κ1) is 9.26. The molecule has 0 saturated carbocycles. The van der Waals surface area contributed by atoms with Crippen LogP contribution in [0.1, 0.15) is 0 Å². The Hall–Kier alpha value is -0.743. The molecule has 0 spiro atoms. The second-order valence-corrected chi connectivity index (χ2v) is 3.29. The van der Waals surface area contributed by atoms with Gasteiger partial charge in [0.05, 0.1) is 0 Å². The number of rotatable bonds is 0. The zero-order valence-corrected chi connectivity index (χ0v) is 6.81. The number of aliphatic hydroxyl groups excluding tert-OH is 2. The lowest BCUT2D eigenvalue weighted by Crippen LogP contribution is -2.00. The number of hydrogen-bond donors (Lipinski definition) is 2. The molecule has 0 unspecified atom stereocenters. The summed E-state index contributed by atoms with van der Waals surface area (Å²) < 4.78 is 0. The van der Waals surface area contributed by atoms with Crippen LogP contribution in [0.3, 0.4) is 0 Å². The minimum absolute atomic E-state index is 0.108. The second-order valence-electron chi connectivity index (χ2n) is 1.54. The van der Waals surface area contributed by atoms with Crippen molar-refractivity contribution in [1.29, 1.82) is 0 Å². The molecule has 0 aliphatic carbocycles. The Kier molecular flexibility index (Phi) is 5.90. The number of hydrogen-bond acceptors (Lipinski definition) is 2. The fourth-order valence-corrected chi connectivity index (χ4v) is 1.13. The lowest BCUT2D eigenvalue weighted by molar-refractivity contribution is 0.350. The molecule has 0 saturated heterocycles. The zero-order chi connectivity index (χ0) is 7.82. The third-order valence-electron chi connectivity index (χ3n) is 0.710. The molecule has 0 heterocycles. The molecule has 0 aromatic carbocycles. The molecule has 0 aromatic heterocycles. The van der Waals surface area contributed by atoms with E-state index in [2.05, 4.69) is 22.9 Å². The third kappa shape index (κ3) is 5.39. The first-order valence-corrected chi connectivity index (χ1v) is 4.84. The van der Waals surface area contributed by atoms with Crippen molar-refractivity contribution < 1.29 is 10.2 Å². The topological polar surface area (TPSA) is 40.5 Å². The fourth-order valence-electron chi connectivity index (χ4n) is 0.375. The maximum absolute atomic E-state index is 8.29. The quantitative estimate of drug-likeness (QED) is 0.353. The van der Waals surface area contributed by atoms with Crippen LogP contribution in [0, 0.1) is 22.9 Å². The molecule has 0 fully saturated rings. The molecular formula is C7H9O2Si. The molecule has 0 aliphatic heterocycles. The smallest absolute Gasteiger partial charge is 0.231 e. The van der Waals surface area contributed by atoms with E-state index in [1.807, 2.05) is 6.55 Å². The van der Waals surface area contributed by atoms with Crippen LogP contribution in [0.5, 0.6) is 0 Å². The Morgan fingerprint density at radius 3 is 1.80 bits per heavy atom. The lowest BCUT2D eigenvalue weighted by atomic mass is 10.8. The van der Waals surface area contributed by atoms with E-state index in [1.54, 1.807) is 0 Å². The van der Waals surface area contributed by atoms with Gasteiger partial charge in [0.2, 0.25) is 8.80 Å². The van der Waals surface area contributed by atoms with Crippen molar-refractivity contribution in [3.8, 4) is 22.9 Å². The van der Waals surface area contributed by atoms with Crippen LogP contribution >= 0.6 is 0 Å². The van der Waals surface area contributed by atoms with Crippen LogP contribution in [0.15, 0.2) is 0 Å². The van der Waals surface area contributed by atoms with Crippen molar-refractivity contribution in [1.82, 2.24) is 0 Å². The molecule has 1 radical (unpaired) electrons. The summed E-state index contributed by atoms with van der Waals surface area (Å²) >= 11 is 0. The molecule has 0 rings (SSSR count). The summed E-state index contributed by atoms with van der Waals surface area (Å²) in [7, 11) is -0.957. The van der Waals surface area contributed by atoms with Gasteiger partial charge in [0, 0.05) is 0 Å². The van der Waals surface area contributed by atoms with Gasteiger partial charge in [0.15, 0.2) is 0 Å². The van der Waals surface area contributed by atoms with Gasteiger partial charge in [-0.25, -0.2) is 0 Å². The summed E-state index contributed by atoms with van der Waals surface area (Å²) in [5, 5.41) is 16.6. The van der Waals surface area contributed by atoms with Crippen LogP contribution in [-0.2, 0) is 0 Å². The van der Waals surface area contributed by atoms with E-state index in [0.29, 0.717) is 0 Å². The molecule has 3 heteroatoms. The molecule has 0 amide bonds. The van der Waals surface area contributed by atoms with E-state index in [9.17, 15) is 0 Å². The molecule has 0 aromatic rings. The lowest BCUT2D eigenvalue weighted by Gasteiger charge is -1.82. The Morgan fingerprint density at radius 2 is 1.50 bits per heavy atom. The monoisotopic (exact) mass is 153 g/mol. The van der Waals surface area contributed by atoms with E-state index in [1.165, 1.54) is 0 Å². The molecule has 53 valence electrons. The normalized spacial score (nSPS) is 7.60. The van der Waals surface area contributed by atoms with Gasteiger partial charge in [-0.2, -0.15) is 0 Å². The van der Waals surface area contributed by atoms with Crippen molar-refractivity contribution in [2.75, 3.05) is 13.2 Å². The Morgan fingerprint density at radius 1 is 1.10 bits per heavy atom. The largest absolute Gasteiger partial charge is 0.384 e. The van der Waals surface area contributed by atoms with Gasteiger partial charge in [-0.1, -0.05) is 11.8 Å². The molecule has 0 atom stereocenters. The maximum Gasteiger partial charge on any atom is 0.231 e. The molecular weight excluding hydrogens is 144 g/mol. The Bertz CT molecular complexity index is 169. The van der Waals surface area contributed by atoms with Gasteiger partial charge in [-0.05, 0) is 6.55 Å². The van der Waals surface area contributed by atoms with Crippen LogP contribution in [0.25, 0.3) is 0 Å². The van der Waals surface area contributed by atoms with Crippen LogP contribution in [0.4, 0.5) is 0 Å². The van der Waals surface area contributed by atoms with E-state index in [-0.39, 0.29) is 13.2 Å². The van der Waals surface area contributed by atoms with E-state index < -0.39 is 8.80 Å². The van der Waals surface area contributed by atoms with E-state index in [0.717, 1.165) is 0 Å².